The fourth-order valence-electron chi connectivity index (χ4n) is 3.85. The second-order valence-electron chi connectivity index (χ2n) is 8.26. The lowest BCUT2D eigenvalue weighted by Crippen LogP contribution is -2.42. The molecule has 8 nitrogen and oxygen atoms in total. The van der Waals surface area contributed by atoms with Crippen LogP contribution in [0.2, 0.25) is 0 Å². The Morgan fingerprint density at radius 3 is 2.38 bits per heavy atom. The average Bonchev–Trinajstić information content (AvgIpc) is 2.83. The van der Waals surface area contributed by atoms with Gasteiger partial charge >= 0.3 is 5.97 Å². The summed E-state index contributed by atoms with van der Waals surface area (Å²) >= 11 is 0. The van der Waals surface area contributed by atoms with Gasteiger partial charge in [-0.25, -0.2) is 12.8 Å². The van der Waals surface area contributed by atoms with E-state index in [1.807, 2.05) is 0 Å². The van der Waals surface area contributed by atoms with Crippen molar-refractivity contribution in [1.29, 1.82) is 0 Å². The Bertz CT molecular complexity index is 1110. The highest BCUT2D eigenvalue weighted by molar-refractivity contribution is 7.89. The Hall–Kier alpha value is -2.98. The zero-order valence-electron chi connectivity index (χ0n) is 19.4. The monoisotopic (exact) mass is 492 g/mol. The van der Waals surface area contributed by atoms with E-state index in [1.54, 1.807) is 31.3 Å². The molecule has 0 aliphatic carbocycles. The van der Waals surface area contributed by atoms with Crippen LogP contribution in [0.4, 0.5) is 4.39 Å². The third-order valence-electron chi connectivity index (χ3n) is 5.81. The summed E-state index contributed by atoms with van der Waals surface area (Å²) in [5, 5.41) is 0. The number of hydrogen-bond donors (Lipinski definition) is 0. The van der Waals surface area contributed by atoms with Crippen molar-refractivity contribution >= 4 is 21.9 Å². The standard InChI is InChI=1S/C24H29FN2O6S/c1-17(23(28)26(2)16-18-5-4-6-20(25)15-18)33-24(29)19-11-13-27(14-12-19)34(30,31)22-9-7-21(32-3)8-10-22/h4-10,15,17,19H,11-14,16H2,1-3H3/t17-/m0/s1. The number of rotatable bonds is 8. The number of esters is 1. The molecule has 0 spiro atoms. The Kier molecular flexibility index (Phi) is 8.27. The van der Waals surface area contributed by atoms with Crippen LogP contribution in [-0.4, -0.2) is 62.9 Å². The number of carbonyl (C=O) groups is 2. The molecule has 184 valence electrons. The first kappa shape index (κ1) is 25.6. The van der Waals surface area contributed by atoms with Crippen molar-refractivity contribution in [3.8, 4) is 5.75 Å². The van der Waals surface area contributed by atoms with E-state index in [4.69, 9.17) is 9.47 Å². The predicted molar refractivity (Wildman–Crippen MR) is 123 cm³/mol. The zero-order valence-corrected chi connectivity index (χ0v) is 20.3. The van der Waals surface area contributed by atoms with E-state index in [2.05, 4.69) is 0 Å². The van der Waals surface area contributed by atoms with Gasteiger partial charge in [0.2, 0.25) is 10.0 Å². The van der Waals surface area contributed by atoms with Crippen LogP contribution in [0.15, 0.2) is 53.4 Å². The largest absolute Gasteiger partial charge is 0.497 e. The lowest BCUT2D eigenvalue weighted by molar-refractivity contribution is -0.163. The molecule has 0 aromatic heterocycles. The molecule has 0 saturated carbocycles. The normalized spacial score (nSPS) is 16.0. The van der Waals surface area contributed by atoms with Gasteiger partial charge in [-0.2, -0.15) is 4.31 Å². The van der Waals surface area contributed by atoms with Crippen LogP contribution in [0.3, 0.4) is 0 Å². The minimum atomic E-state index is -3.68. The molecule has 3 rings (SSSR count). The number of methoxy groups -OCH3 is 1. The van der Waals surface area contributed by atoms with Gasteiger partial charge in [-0.3, -0.25) is 9.59 Å². The molecule has 1 fully saturated rings. The van der Waals surface area contributed by atoms with E-state index in [0.717, 1.165) is 0 Å². The van der Waals surface area contributed by atoms with Gasteiger partial charge in [-0.05, 0) is 61.7 Å². The first-order chi connectivity index (χ1) is 16.1. The number of amides is 1. The van der Waals surface area contributed by atoms with Gasteiger partial charge in [-0.1, -0.05) is 12.1 Å². The summed E-state index contributed by atoms with van der Waals surface area (Å²) in [7, 11) is -0.619. The molecule has 1 aliphatic rings. The highest BCUT2D eigenvalue weighted by Gasteiger charge is 2.34. The number of likely N-dealkylation sites (N-methyl/N-ethyl adjacent to an activating group) is 1. The maximum Gasteiger partial charge on any atom is 0.309 e. The van der Waals surface area contributed by atoms with Crippen LogP contribution in [0.5, 0.6) is 5.75 Å². The summed E-state index contributed by atoms with van der Waals surface area (Å²) in [4.78, 5) is 26.7. The topological polar surface area (TPSA) is 93.2 Å². The van der Waals surface area contributed by atoms with E-state index in [-0.39, 0.29) is 24.5 Å². The number of benzene rings is 2. The first-order valence-electron chi connectivity index (χ1n) is 11.0. The Morgan fingerprint density at radius 2 is 1.79 bits per heavy atom. The number of nitrogens with zero attached hydrogens (tertiary/aromatic N) is 2. The smallest absolute Gasteiger partial charge is 0.309 e. The van der Waals surface area contributed by atoms with Crippen molar-refractivity contribution in [3.63, 3.8) is 0 Å². The quantitative estimate of drug-likeness (QED) is 0.526. The molecular weight excluding hydrogens is 463 g/mol. The van der Waals surface area contributed by atoms with Crippen LogP contribution in [0.1, 0.15) is 25.3 Å². The SMILES string of the molecule is COc1ccc(S(=O)(=O)N2CCC(C(=O)O[C@@H](C)C(=O)N(C)Cc3cccc(F)c3)CC2)cc1. The molecule has 1 saturated heterocycles. The van der Waals surface area contributed by atoms with Gasteiger partial charge in [0, 0.05) is 26.7 Å². The molecule has 1 aliphatic heterocycles. The third-order valence-corrected chi connectivity index (χ3v) is 7.72. The lowest BCUT2D eigenvalue weighted by atomic mass is 9.98. The molecular formula is C24H29FN2O6S. The van der Waals surface area contributed by atoms with Crippen LogP contribution in [-0.2, 0) is 30.9 Å². The molecule has 10 heteroatoms. The van der Waals surface area contributed by atoms with Gasteiger partial charge in [0.15, 0.2) is 6.10 Å². The van der Waals surface area contributed by atoms with Crippen LogP contribution < -0.4 is 4.74 Å². The third kappa shape index (κ3) is 6.12. The summed E-state index contributed by atoms with van der Waals surface area (Å²) < 4.78 is 50.9. The molecule has 0 N–H and O–H groups in total. The van der Waals surface area contributed by atoms with E-state index in [1.165, 1.54) is 47.5 Å². The van der Waals surface area contributed by atoms with Crippen molar-refractivity contribution in [3.05, 3.63) is 59.9 Å². The molecule has 1 atom stereocenters. The molecule has 2 aromatic rings. The molecule has 2 aromatic carbocycles. The van der Waals surface area contributed by atoms with Crippen molar-refractivity contribution in [1.82, 2.24) is 9.21 Å². The van der Waals surface area contributed by atoms with Gasteiger partial charge in [0.05, 0.1) is 17.9 Å². The van der Waals surface area contributed by atoms with Crippen LogP contribution in [0, 0.1) is 11.7 Å². The van der Waals surface area contributed by atoms with Gasteiger partial charge in [-0.15, -0.1) is 0 Å². The average molecular weight is 493 g/mol. The highest BCUT2D eigenvalue weighted by atomic mass is 32.2. The van der Waals surface area contributed by atoms with Crippen molar-refractivity contribution in [2.45, 2.75) is 37.3 Å². The minimum Gasteiger partial charge on any atom is -0.497 e. The maximum absolute atomic E-state index is 13.4. The second-order valence-corrected chi connectivity index (χ2v) is 10.2. The number of sulfonamides is 1. The van der Waals surface area contributed by atoms with Crippen molar-refractivity contribution < 1.29 is 31.9 Å². The molecule has 1 amide bonds. The predicted octanol–water partition coefficient (Wildman–Crippen LogP) is 2.83. The van der Waals surface area contributed by atoms with E-state index < -0.39 is 39.7 Å². The van der Waals surface area contributed by atoms with Crippen molar-refractivity contribution in [2.24, 2.45) is 5.92 Å². The fraction of sp³-hybridized carbons (Fsp3) is 0.417. The van der Waals surface area contributed by atoms with Crippen molar-refractivity contribution in [2.75, 3.05) is 27.2 Å². The van der Waals surface area contributed by atoms with Gasteiger partial charge in [0.1, 0.15) is 11.6 Å². The fourth-order valence-corrected chi connectivity index (χ4v) is 5.32. The summed E-state index contributed by atoms with van der Waals surface area (Å²) in [5.74, 6) is -1.26. The molecule has 0 unspecified atom stereocenters. The highest BCUT2D eigenvalue weighted by Crippen LogP contribution is 2.26. The summed E-state index contributed by atoms with van der Waals surface area (Å²) in [5.41, 5.74) is 0.625. The Labute approximate surface area is 199 Å². The Morgan fingerprint density at radius 1 is 1.15 bits per heavy atom. The number of ether oxygens (including phenoxy) is 2. The number of carbonyl (C=O) groups excluding carboxylic acids is 2. The minimum absolute atomic E-state index is 0.162. The summed E-state index contributed by atoms with van der Waals surface area (Å²) in [6.45, 7) is 2.03. The lowest BCUT2D eigenvalue weighted by Gasteiger charge is -2.31. The molecule has 1 heterocycles. The van der Waals surface area contributed by atoms with Gasteiger partial charge < -0.3 is 14.4 Å². The molecule has 34 heavy (non-hydrogen) atoms. The van der Waals surface area contributed by atoms with Crippen LogP contribution in [0.25, 0.3) is 0 Å². The maximum atomic E-state index is 13.4. The zero-order chi connectivity index (χ0) is 24.9. The van der Waals surface area contributed by atoms with Gasteiger partial charge in [0.25, 0.3) is 5.91 Å². The second kappa shape index (κ2) is 11.0. The van der Waals surface area contributed by atoms with E-state index in [0.29, 0.717) is 24.2 Å². The van der Waals surface area contributed by atoms with Crippen LogP contribution >= 0.6 is 0 Å². The summed E-state index contributed by atoms with van der Waals surface area (Å²) in [6.07, 6.45) is -0.408. The number of piperidine rings is 1. The number of hydrogen-bond acceptors (Lipinski definition) is 6. The van der Waals surface area contributed by atoms with E-state index in [9.17, 15) is 22.4 Å². The first-order valence-corrected chi connectivity index (χ1v) is 12.4. The Balaban J connectivity index is 1.52. The summed E-state index contributed by atoms with van der Waals surface area (Å²) in [6, 6.07) is 12.1. The molecule has 0 radical (unpaired) electrons. The van der Waals surface area contributed by atoms with E-state index >= 15 is 0 Å². The number of halogens is 1. The molecule has 0 bridgehead atoms.